The maximum absolute atomic E-state index is 12.4. The number of rotatable bonds is 4. The van der Waals surface area contributed by atoms with E-state index in [4.69, 9.17) is 4.74 Å². The molecule has 0 spiro atoms. The van der Waals surface area contributed by atoms with E-state index in [0.717, 1.165) is 0 Å². The molecule has 0 unspecified atom stereocenters. The van der Waals surface area contributed by atoms with Gasteiger partial charge >= 0.3 is 0 Å². The Morgan fingerprint density at radius 1 is 1.00 bits per heavy atom. The monoisotopic (exact) mass is 541 g/mol. The number of methoxy groups -OCH3 is 1. The second-order valence-corrected chi connectivity index (χ2v) is 7.39. The van der Waals surface area contributed by atoms with Crippen molar-refractivity contribution in [3.05, 3.63) is 47.5 Å². The van der Waals surface area contributed by atoms with E-state index in [0.29, 0.717) is 23.8 Å². The number of aromatic nitrogens is 1. The van der Waals surface area contributed by atoms with Crippen LogP contribution in [0.1, 0.15) is 20.8 Å². The third-order valence-corrected chi connectivity index (χ3v) is 5.46. The van der Waals surface area contributed by atoms with Gasteiger partial charge in [-0.15, -0.1) is 0 Å². The maximum atomic E-state index is 12.4. The average Bonchev–Trinajstić information content (AvgIpc) is 2.76. The summed E-state index contributed by atoms with van der Waals surface area (Å²) in [4.78, 5) is 27.5. The van der Waals surface area contributed by atoms with Crippen LogP contribution in [0.4, 0.5) is 0 Å². The zero-order valence-corrected chi connectivity index (χ0v) is 16.8. The smallest absolute Gasteiger partial charge is 0.249 e. The number of ether oxygens (including phenoxy) is 1. The Bertz CT molecular complexity index is 720. The molecule has 0 saturated heterocycles. The first-order valence-electron chi connectivity index (χ1n) is 5.51. The van der Waals surface area contributed by atoms with E-state index in [1.807, 2.05) is 0 Å². The third kappa shape index (κ3) is 3.49. The predicted octanol–water partition coefficient (Wildman–Crippen LogP) is 5.14. The van der Waals surface area contributed by atoms with Gasteiger partial charge in [-0.1, -0.05) is 15.9 Å². The van der Waals surface area contributed by atoms with Crippen LogP contribution in [0.5, 0.6) is 5.75 Å². The maximum Gasteiger partial charge on any atom is 0.249 e. The van der Waals surface area contributed by atoms with E-state index in [2.05, 4.69) is 68.7 Å². The molecule has 110 valence electrons. The Kier molecular flexibility index (Phi) is 5.45. The molecule has 2 aromatic rings. The van der Waals surface area contributed by atoms with Crippen molar-refractivity contribution in [1.82, 2.24) is 4.98 Å². The second-order valence-electron chi connectivity index (χ2n) is 3.97. The summed E-state index contributed by atoms with van der Waals surface area (Å²) in [5.74, 6) is -0.985. The Balaban J connectivity index is 2.47. The number of ketones is 2. The van der Waals surface area contributed by atoms with Gasteiger partial charge in [-0.2, -0.15) is 0 Å². The Morgan fingerprint density at radius 2 is 1.67 bits per heavy atom. The Morgan fingerprint density at radius 3 is 2.19 bits per heavy atom. The molecule has 0 aliphatic heterocycles. The first-order chi connectivity index (χ1) is 9.85. The lowest BCUT2D eigenvalue weighted by atomic mass is 10.0. The van der Waals surface area contributed by atoms with Crippen molar-refractivity contribution in [1.29, 1.82) is 0 Å². The van der Waals surface area contributed by atoms with Gasteiger partial charge in [0.2, 0.25) is 11.6 Å². The van der Waals surface area contributed by atoms with Crippen molar-refractivity contribution in [2.75, 3.05) is 7.11 Å². The minimum absolute atomic E-state index is 0.186. The number of hydrogen-bond donors (Lipinski definition) is 1. The highest BCUT2D eigenvalue weighted by atomic mass is 79.9. The van der Waals surface area contributed by atoms with Gasteiger partial charge in [0.05, 0.1) is 31.9 Å². The van der Waals surface area contributed by atoms with Crippen LogP contribution in [0.3, 0.4) is 0 Å². The summed E-state index contributed by atoms with van der Waals surface area (Å²) >= 11 is 13.1. The van der Waals surface area contributed by atoms with Gasteiger partial charge in [-0.05, 0) is 66.0 Å². The highest BCUT2D eigenvalue weighted by Gasteiger charge is 2.25. The number of benzene rings is 1. The van der Waals surface area contributed by atoms with Crippen LogP contribution in [0.25, 0.3) is 0 Å². The van der Waals surface area contributed by atoms with Gasteiger partial charge < -0.3 is 9.72 Å². The molecule has 0 radical (unpaired) electrons. The molecule has 1 aromatic heterocycles. The summed E-state index contributed by atoms with van der Waals surface area (Å²) < 4.78 is 7.72. The zero-order valence-electron chi connectivity index (χ0n) is 10.5. The lowest BCUT2D eigenvalue weighted by Crippen LogP contribution is -2.16. The summed E-state index contributed by atoms with van der Waals surface area (Å²) in [7, 11) is 1.44. The third-order valence-electron chi connectivity index (χ3n) is 2.63. The molecule has 2 rings (SSSR count). The van der Waals surface area contributed by atoms with Crippen LogP contribution < -0.4 is 4.74 Å². The van der Waals surface area contributed by atoms with E-state index in [-0.39, 0.29) is 11.3 Å². The summed E-state index contributed by atoms with van der Waals surface area (Å²) in [6.07, 6.45) is 0. The fraction of sp³-hybridized carbons (Fsp3) is 0.0769. The SMILES string of the molecule is COc1c(Br)cc(Br)cc1C(=O)C(=O)c1cc(Br)c(Br)[nH]1. The molecule has 0 amide bonds. The van der Waals surface area contributed by atoms with Gasteiger partial charge in [0.15, 0.2) is 0 Å². The molecule has 0 atom stereocenters. The number of hydrogen-bond acceptors (Lipinski definition) is 3. The molecule has 1 N–H and O–H groups in total. The quantitative estimate of drug-likeness (QED) is 0.428. The lowest BCUT2D eigenvalue weighted by molar-refractivity contribution is 0.0812. The molecule has 4 nitrogen and oxygen atoms in total. The number of carbonyl (C=O) groups is 2. The van der Waals surface area contributed by atoms with E-state index >= 15 is 0 Å². The minimum Gasteiger partial charge on any atom is -0.495 e. The van der Waals surface area contributed by atoms with Crippen LogP contribution in [-0.2, 0) is 0 Å². The molecule has 0 aliphatic carbocycles. The van der Waals surface area contributed by atoms with Gasteiger partial charge in [0.25, 0.3) is 0 Å². The van der Waals surface area contributed by atoms with Crippen LogP contribution in [0.2, 0.25) is 0 Å². The number of H-pyrrole nitrogens is 1. The first-order valence-corrected chi connectivity index (χ1v) is 8.68. The molecule has 1 aromatic carbocycles. The summed E-state index contributed by atoms with van der Waals surface area (Å²) in [6.45, 7) is 0. The van der Waals surface area contributed by atoms with Gasteiger partial charge in [0, 0.05) is 4.47 Å². The number of Topliss-reactive ketones (excluding diaryl/α,β-unsaturated/α-hetero) is 2. The molecule has 0 bridgehead atoms. The van der Waals surface area contributed by atoms with Gasteiger partial charge in [-0.25, -0.2) is 0 Å². The molecular weight excluding hydrogens is 538 g/mol. The summed E-state index contributed by atoms with van der Waals surface area (Å²) in [5.41, 5.74) is 0.377. The number of carbonyl (C=O) groups excluding carboxylic acids is 2. The molecule has 0 saturated carbocycles. The van der Waals surface area contributed by atoms with Crippen LogP contribution in [0.15, 0.2) is 36.2 Å². The average molecular weight is 545 g/mol. The lowest BCUT2D eigenvalue weighted by Gasteiger charge is -2.09. The van der Waals surface area contributed by atoms with Crippen LogP contribution in [0, 0.1) is 0 Å². The Labute approximate surface area is 154 Å². The Hall–Kier alpha value is -0.440. The van der Waals surface area contributed by atoms with Crippen molar-refractivity contribution >= 4 is 75.3 Å². The van der Waals surface area contributed by atoms with E-state index in [1.54, 1.807) is 18.2 Å². The molecule has 1 heterocycles. The van der Waals surface area contributed by atoms with Crippen molar-refractivity contribution in [2.24, 2.45) is 0 Å². The molecular formula is C13H7Br4NO3. The molecule has 0 fully saturated rings. The van der Waals surface area contributed by atoms with E-state index < -0.39 is 11.6 Å². The number of nitrogens with one attached hydrogen (secondary N) is 1. The topological polar surface area (TPSA) is 59.2 Å². The largest absolute Gasteiger partial charge is 0.495 e. The first kappa shape index (κ1) is 16.9. The standard InChI is InChI=1S/C13H7Br4NO3/c1-21-12-6(2-5(14)3-7(12)15)10(19)11(20)9-4-8(16)13(17)18-9/h2-4,18H,1H3. The highest BCUT2D eigenvalue weighted by Crippen LogP contribution is 2.33. The number of halogens is 4. The van der Waals surface area contributed by atoms with E-state index in [1.165, 1.54) is 7.11 Å². The van der Waals surface area contributed by atoms with Crippen LogP contribution in [-0.4, -0.2) is 23.7 Å². The fourth-order valence-corrected chi connectivity index (χ4v) is 3.75. The zero-order chi connectivity index (χ0) is 15.7. The molecule has 8 heteroatoms. The van der Waals surface area contributed by atoms with Crippen molar-refractivity contribution in [2.45, 2.75) is 0 Å². The minimum atomic E-state index is -0.657. The van der Waals surface area contributed by atoms with Crippen molar-refractivity contribution in [3.63, 3.8) is 0 Å². The van der Waals surface area contributed by atoms with Gasteiger partial charge in [0.1, 0.15) is 5.75 Å². The fourth-order valence-electron chi connectivity index (χ4n) is 1.71. The van der Waals surface area contributed by atoms with Gasteiger partial charge in [-0.3, -0.25) is 9.59 Å². The summed E-state index contributed by atoms with van der Waals surface area (Å²) in [6, 6.07) is 4.84. The highest BCUT2D eigenvalue weighted by molar-refractivity contribution is 9.13. The van der Waals surface area contributed by atoms with Crippen molar-refractivity contribution in [3.8, 4) is 5.75 Å². The van der Waals surface area contributed by atoms with E-state index in [9.17, 15) is 9.59 Å². The summed E-state index contributed by atoms with van der Waals surface area (Å²) in [5, 5.41) is 0. The van der Waals surface area contributed by atoms with Crippen LogP contribution >= 0.6 is 63.7 Å². The second kappa shape index (κ2) is 6.76. The van der Waals surface area contributed by atoms with Crippen molar-refractivity contribution < 1.29 is 14.3 Å². The predicted molar refractivity (Wildman–Crippen MR) is 93.2 cm³/mol. The normalized spacial score (nSPS) is 10.5. The number of aromatic amines is 1. The molecule has 0 aliphatic rings. The molecule has 21 heavy (non-hydrogen) atoms.